The van der Waals surface area contributed by atoms with Crippen molar-refractivity contribution >= 4 is 17.8 Å². The lowest BCUT2D eigenvalue weighted by atomic mass is 10.0. The standard InChI is InChI=1S/C21H22F2N2O4/c1-13(26)24-18(11-14-5-3-7-16(22)9-14)20(27)25-19(21(28)29-2)12-15-6-4-8-17(23)10-15/h3-10,18-19H,11-12H2,1-2H3,(H,24,26)(H,25,27)/t18-,19-/m1/s1. The first-order chi connectivity index (χ1) is 13.8. The Hall–Kier alpha value is -3.29. The fourth-order valence-corrected chi connectivity index (χ4v) is 2.86. The van der Waals surface area contributed by atoms with Crippen molar-refractivity contribution < 1.29 is 27.9 Å². The summed E-state index contributed by atoms with van der Waals surface area (Å²) in [7, 11) is 1.17. The summed E-state index contributed by atoms with van der Waals surface area (Å²) >= 11 is 0. The van der Waals surface area contributed by atoms with Crippen LogP contribution in [0.3, 0.4) is 0 Å². The van der Waals surface area contributed by atoms with E-state index in [2.05, 4.69) is 10.6 Å². The van der Waals surface area contributed by atoms with Gasteiger partial charge in [0.2, 0.25) is 11.8 Å². The van der Waals surface area contributed by atoms with Gasteiger partial charge in [-0.1, -0.05) is 24.3 Å². The smallest absolute Gasteiger partial charge is 0.328 e. The number of amides is 2. The van der Waals surface area contributed by atoms with Crippen LogP contribution in [0, 0.1) is 11.6 Å². The van der Waals surface area contributed by atoms with E-state index in [9.17, 15) is 23.2 Å². The lowest BCUT2D eigenvalue weighted by Gasteiger charge is -2.22. The normalized spacial score (nSPS) is 12.6. The second-order valence-corrected chi connectivity index (χ2v) is 6.51. The Labute approximate surface area is 167 Å². The van der Waals surface area contributed by atoms with E-state index < -0.39 is 41.5 Å². The van der Waals surface area contributed by atoms with Crippen LogP contribution in [-0.4, -0.2) is 37.0 Å². The van der Waals surface area contributed by atoms with Gasteiger partial charge in [-0.2, -0.15) is 0 Å². The zero-order valence-electron chi connectivity index (χ0n) is 16.1. The number of hydrogen-bond donors (Lipinski definition) is 2. The van der Waals surface area contributed by atoms with Crippen LogP contribution in [0.25, 0.3) is 0 Å². The van der Waals surface area contributed by atoms with Crippen molar-refractivity contribution in [3.8, 4) is 0 Å². The number of hydrogen-bond acceptors (Lipinski definition) is 4. The number of halogens is 2. The predicted molar refractivity (Wildman–Crippen MR) is 102 cm³/mol. The molecule has 2 rings (SSSR count). The highest BCUT2D eigenvalue weighted by molar-refractivity contribution is 5.90. The zero-order valence-corrected chi connectivity index (χ0v) is 16.1. The molecule has 154 valence electrons. The highest BCUT2D eigenvalue weighted by Crippen LogP contribution is 2.10. The molecule has 0 saturated carbocycles. The number of carbonyl (C=O) groups is 3. The molecule has 2 atom stereocenters. The van der Waals surface area contributed by atoms with Gasteiger partial charge in [0.05, 0.1) is 7.11 Å². The van der Waals surface area contributed by atoms with Crippen LogP contribution in [-0.2, 0) is 32.0 Å². The number of ether oxygens (including phenoxy) is 1. The second kappa shape index (κ2) is 10.3. The summed E-state index contributed by atoms with van der Waals surface area (Å²) in [6, 6.07) is 9.14. The van der Waals surface area contributed by atoms with Crippen LogP contribution in [0.4, 0.5) is 8.78 Å². The molecule has 0 bridgehead atoms. The Balaban J connectivity index is 2.17. The number of esters is 1. The third-order valence-electron chi connectivity index (χ3n) is 4.15. The molecule has 0 heterocycles. The fourth-order valence-electron chi connectivity index (χ4n) is 2.86. The molecule has 0 saturated heterocycles. The maximum Gasteiger partial charge on any atom is 0.328 e. The van der Waals surface area contributed by atoms with Crippen LogP contribution in [0.1, 0.15) is 18.1 Å². The van der Waals surface area contributed by atoms with Gasteiger partial charge in [0, 0.05) is 19.8 Å². The van der Waals surface area contributed by atoms with E-state index in [0.717, 1.165) is 0 Å². The lowest BCUT2D eigenvalue weighted by Crippen LogP contribution is -2.53. The summed E-state index contributed by atoms with van der Waals surface area (Å²) in [6.07, 6.45) is 0.0277. The molecule has 6 nitrogen and oxygen atoms in total. The summed E-state index contributed by atoms with van der Waals surface area (Å²) in [5.41, 5.74) is 0.987. The molecule has 0 aliphatic carbocycles. The molecule has 2 aromatic carbocycles. The number of carbonyl (C=O) groups excluding carboxylic acids is 3. The van der Waals surface area contributed by atoms with E-state index in [1.165, 1.54) is 50.4 Å². The van der Waals surface area contributed by atoms with Crippen molar-refractivity contribution in [2.75, 3.05) is 7.11 Å². The first-order valence-electron chi connectivity index (χ1n) is 8.92. The van der Waals surface area contributed by atoms with Crippen molar-refractivity contribution in [1.29, 1.82) is 0 Å². The minimum Gasteiger partial charge on any atom is -0.467 e. The molecule has 0 aromatic heterocycles. The molecule has 0 spiro atoms. The lowest BCUT2D eigenvalue weighted by molar-refractivity contribution is -0.145. The van der Waals surface area contributed by atoms with E-state index >= 15 is 0 Å². The van der Waals surface area contributed by atoms with Crippen molar-refractivity contribution in [3.63, 3.8) is 0 Å². The van der Waals surface area contributed by atoms with E-state index in [4.69, 9.17) is 4.74 Å². The minimum absolute atomic E-state index is 0.00291. The van der Waals surface area contributed by atoms with Crippen molar-refractivity contribution in [1.82, 2.24) is 10.6 Å². The van der Waals surface area contributed by atoms with Gasteiger partial charge in [-0.15, -0.1) is 0 Å². The average Bonchev–Trinajstić information content (AvgIpc) is 2.66. The molecule has 2 amide bonds. The number of nitrogens with one attached hydrogen (secondary N) is 2. The van der Waals surface area contributed by atoms with E-state index in [0.29, 0.717) is 11.1 Å². The van der Waals surface area contributed by atoms with Crippen molar-refractivity contribution in [3.05, 3.63) is 71.3 Å². The van der Waals surface area contributed by atoms with Crippen molar-refractivity contribution in [2.45, 2.75) is 31.8 Å². The van der Waals surface area contributed by atoms with Gasteiger partial charge in [-0.05, 0) is 35.4 Å². The van der Waals surface area contributed by atoms with Crippen LogP contribution in [0.15, 0.2) is 48.5 Å². The quantitative estimate of drug-likeness (QED) is 0.659. The molecule has 0 fully saturated rings. The molecule has 0 radical (unpaired) electrons. The first-order valence-corrected chi connectivity index (χ1v) is 8.92. The molecular weight excluding hydrogens is 382 g/mol. The summed E-state index contributed by atoms with van der Waals surface area (Å²) in [5, 5.41) is 5.03. The highest BCUT2D eigenvalue weighted by atomic mass is 19.1. The molecule has 2 aromatic rings. The Morgan fingerprint density at radius 2 is 1.41 bits per heavy atom. The maximum absolute atomic E-state index is 13.4. The van der Waals surface area contributed by atoms with E-state index in [-0.39, 0.29) is 12.8 Å². The van der Waals surface area contributed by atoms with Gasteiger partial charge in [0.15, 0.2) is 0 Å². The predicted octanol–water partition coefficient (Wildman–Crippen LogP) is 1.91. The number of rotatable bonds is 8. The van der Waals surface area contributed by atoms with Crippen LogP contribution in [0.2, 0.25) is 0 Å². The Morgan fingerprint density at radius 3 is 1.86 bits per heavy atom. The minimum atomic E-state index is -1.09. The molecule has 0 aliphatic rings. The summed E-state index contributed by atoms with van der Waals surface area (Å²) in [5.74, 6) is -2.75. The number of methoxy groups -OCH3 is 1. The third kappa shape index (κ3) is 6.99. The number of benzene rings is 2. The Kier molecular flexibility index (Phi) is 7.82. The molecule has 0 aliphatic heterocycles. The monoisotopic (exact) mass is 404 g/mol. The highest BCUT2D eigenvalue weighted by Gasteiger charge is 2.27. The maximum atomic E-state index is 13.4. The SMILES string of the molecule is COC(=O)[C@@H](Cc1cccc(F)c1)NC(=O)[C@@H](Cc1cccc(F)c1)NC(C)=O. The van der Waals surface area contributed by atoms with E-state index in [1.807, 2.05) is 0 Å². The molecule has 8 heteroatoms. The van der Waals surface area contributed by atoms with E-state index in [1.54, 1.807) is 12.1 Å². The fraction of sp³-hybridized carbons (Fsp3) is 0.286. The first kappa shape index (κ1) is 22.0. The van der Waals surface area contributed by atoms with Crippen molar-refractivity contribution in [2.24, 2.45) is 0 Å². The van der Waals surface area contributed by atoms with Gasteiger partial charge in [0.1, 0.15) is 23.7 Å². The van der Waals surface area contributed by atoms with Gasteiger partial charge in [-0.3, -0.25) is 9.59 Å². The molecular formula is C21H22F2N2O4. The zero-order chi connectivity index (χ0) is 21.4. The summed E-state index contributed by atoms with van der Waals surface area (Å²) < 4.78 is 31.6. The topological polar surface area (TPSA) is 84.5 Å². The molecule has 2 N–H and O–H groups in total. The Morgan fingerprint density at radius 1 is 0.897 bits per heavy atom. The second-order valence-electron chi connectivity index (χ2n) is 6.51. The average molecular weight is 404 g/mol. The largest absolute Gasteiger partial charge is 0.467 e. The Bertz CT molecular complexity index is 888. The van der Waals surface area contributed by atoms with Crippen LogP contribution in [0.5, 0.6) is 0 Å². The van der Waals surface area contributed by atoms with Crippen LogP contribution >= 0.6 is 0 Å². The van der Waals surface area contributed by atoms with Gasteiger partial charge >= 0.3 is 5.97 Å². The molecule has 0 unspecified atom stereocenters. The van der Waals surface area contributed by atoms with Gasteiger partial charge < -0.3 is 15.4 Å². The summed E-state index contributed by atoms with van der Waals surface area (Å²) in [4.78, 5) is 36.4. The van der Waals surface area contributed by atoms with Gasteiger partial charge in [0.25, 0.3) is 0 Å². The summed E-state index contributed by atoms with van der Waals surface area (Å²) in [6.45, 7) is 1.25. The van der Waals surface area contributed by atoms with Crippen LogP contribution < -0.4 is 10.6 Å². The third-order valence-corrected chi connectivity index (χ3v) is 4.15. The van der Waals surface area contributed by atoms with Gasteiger partial charge in [-0.25, -0.2) is 13.6 Å². The molecule has 29 heavy (non-hydrogen) atoms.